The number of rotatable bonds is 10. The van der Waals surface area contributed by atoms with Gasteiger partial charge in [-0.1, -0.05) is 13.0 Å². The Labute approximate surface area is 256 Å². The normalized spacial score (nSPS) is 20.7. The van der Waals surface area contributed by atoms with Crippen LogP contribution >= 0.6 is 0 Å². The van der Waals surface area contributed by atoms with Gasteiger partial charge in [-0.2, -0.15) is 0 Å². The van der Waals surface area contributed by atoms with Crippen molar-refractivity contribution in [1.82, 2.24) is 15.1 Å². The van der Waals surface area contributed by atoms with Gasteiger partial charge in [0.1, 0.15) is 11.4 Å². The van der Waals surface area contributed by atoms with E-state index < -0.39 is 24.0 Å². The molecule has 2 rings (SSSR count). The number of carbonyl (C=O) groups excluding carboxylic acids is 3. The molecule has 0 radical (unpaired) electrons. The average Bonchev–Trinajstić information content (AvgIpc) is 2.92. The second-order valence-electron chi connectivity index (χ2n) is 12.9. The lowest BCUT2D eigenvalue weighted by Gasteiger charge is -2.47. The molecule has 1 fully saturated rings. The molecule has 3 amide bonds. The summed E-state index contributed by atoms with van der Waals surface area (Å²) in [7, 11) is 1.62. The maximum atomic E-state index is 15.0. The Morgan fingerprint density at radius 2 is 1.74 bits per heavy atom. The van der Waals surface area contributed by atoms with E-state index in [2.05, 4.69) is 10.2 Å². The molecule has 5 atom stereocenters. The highest BCUT2D eigenvalue weighted by Crippen LogP contribution is 2.34. The number of hydrogen-bond acceptors (Lipinski definition) is 5. The molecule has 1 aliphatic rings. The summed E-state index contributed by atoms with van der Waals surface area (Å²) in [6.07, 6.45) is 2.61. The number of piperidine rings is 1. The van der Waals surface area contributed by atoms with Crippen LogP contribution in [0.2, 0.25) is 0 Å². The Kier molecular flexibility index (Phi) is 12.6. The molecule has 8 nitrogen and oxygen atoms in total. The van der Waals surface area contributed by atoms with Crippen LogP contribution in [-0.4, -0.2) is 84.3 Å². The van der Waals surface area contributed by atoms with Crippen LogP contribution in [0.4, 0.5) is 19.3 Å². The lowest BCUT2D eigenvalue weighted by Crippen LogP contribution is -2.56. The zero-order valence-corrected chi connectivity index (χ0v) is 27.9. The predicted octanol–water partition coefficient (Wildman–Crippen LogP) is 6.27. The van der Waals surface area contributed by atoms with Gasteiger partial charge in [0.15, 0.2) is 0 Å². The first kappa shape index (κ1) is 36.0. The van der Waals surface area contributed by atoms with E-state index in [4.69, 9.17) is 4.74 Å². The van der Waals surface area contributed by atoms with E-state index in [-0.39, 0.29) is 54.2 Å². The van der Waals surface area contributed by atoms with Crippen molar-refractivity contribution in [3.05, 3.63) is 40.7 Å². The van der Waals surface area contributed by atoms with Crippen molar-refractivity contribution in [2.24, 2.45) is 5.92 Å². The Morgan fingerprint density at radius 3 is 2.23 bits per heavy atom. The number of carbonyl (C=O) groups is 3. The van der Waals surface area contributed by atoms with Crippen LogP contribution in [0.5, 0.6) is 0 Å². The Balaban J connectivity index is 2.25. The standard InChI is InChI=1S/C33H52F2N4O4/c1-12-25(31(41)37(11)24(7)20(3)18-34)19-36-30(40)28-16-26(35)17-29(23(28)6)38(13-2)27-14-21(4)39(22(5)15-27)32(42)43-33(8,9)10/h12,16-17,20-22,24,27H,13-15,18-19H2,1-11H3,(H,36,40)/b25-12+/t20?,21-,22?,24+,27?/m1/s1. The maximum absolute atomic E-state index is 15.0. The number of likely N-dealkylation sites (tertiary alicyclic amines) is 1. The number of anilines is 1. The fourth-order valence-corrected chi connectivity index (χ4v) is 5.79. The minimum Gasteiger partial charge on any atom is -0.444 e. The third kappa shape index (κ3) is 8.92. The number of benzene rings is 1. The van der Waals surface area contributed by atoms with Gasteiger partial charge in [0.25, 0.3) is 11.8 Å². The topological polar surface area (TPSA) is 82.2 Å². The molecule has 10 heteroatoms. The monoisotopic (exact) mass is 606 g/mol. The van der Waals surface area contributed by atoms with Crippen molar-refractivity contribution in [3.63, 3.8) is 0 Å². The number of halogens is 2. The van der Waals surface area contributed by atoms with Gasteiger partial charge >= 0.3 is 6.09 Å². The molecule has 242 valence electrons. The Hall–Kier alpha value is -3.17. The molecule has 0 aromatic heterocycles. The smallest absolute Gasteiger partial charge is 0.410 e. The van der Waals surface area contributed by atoms with Gasteiger partial charge in [0.2, 0.25) is 0 Å². The number of nitrogens with zero attached hydrogens (tertiary/aromatic N) is 3. The van der Waals surface area contributed by atoms with E-state index in [0.717, 1.165) is 0 Å². The van der Waals surface area contributed by atoms with Gasteiger partial charge in [-0.3, -0.25) is 14.0 Å². The highest BCUT2D eigenvalue weighted by Gasteiger charge is 2.38. The van der Waals surface area contributed by atoms with Crippen LogP contribution in [0.15, 0.2) is 23.8 Å². The van der Waals surface area contributed by atoms with E-state index in [0.29, 0.717) is 36.2 Å². The number of allylic oxidation sites excluding steroid dienone is 1. The van der Waals surface area contributed by atoms with Crippen LogP contribution in [0.1, 0.15) is 91.1 Å². The SMILES string of the molecule is C/C=C(\CNC(=O)c1cc(F)cc(N(CC)C2CC(C)N(C(=O)OC(C)(C)C)[C@H](C)C2)c1C)C(=O)N(C)[C@@H](C)C(C)CF. The molecule has 43 heavy (non-hydrogen) atoms. The van der Waals surface area contributed by atoms with Crippen LogP contribution in [0.3, 0.4) is 0 Å². The largest absolute Gasteiger partial charge is 0.444 e. The highest BCUT2D eigenvalue weighted by atomic mass is 19.1. The third-order valence-corrected chi connectivity index (χ3v) is 8.52. The number of alkyl halides is 1. The van der Waals surface area contributed by atoms with E-state index in [9.17, 15) is 18.8 Å². The van der Waals surface area contributed by atoms with Gasteiger partial charge in [-0.05, 0) is 92.9 Å². The minimum absolute atomic E-state index is 0.0154. The summed E-state index contributed by atoms with van der Waals surface area (Å²) in [6.45, 7) is 18.5. The first-order chi connectivity index (χ1) is 20.0. The summed E-state index contributed by atoms with van der Waals surface area (Å²) < 4.78 is 33.8. The molecule has 1 aromatic rings. The molecule has 0 saturated carbocycles. The minimum atomic E-state index is -0.596. The average molecular weight is 607 g/mol. The molecular weight excluding hydrogens is 554 g/mol. The highest BCUT2D eigenvalue weighted by molar-refractivity contribution is 5.99. The maximum Gasteiger partial charge on any atom is 0.410 e. The predicted molar refractivity (Wildman–Crippen MR) is 168 cm³/mol. The van der Waals surface area contributed by atoms with Crippen LogP contribution in [0.25, 0.3) is 0 Å². The van der Waals surface area contributed by atoms with Gasteiger partial charge in [-0.15, -0.1) is 0 Å². The van der Waals surface area contributed by atoms with Crippen molar-refractivity contribution in [2.45, 2.75) is 112 Å². The molecule has 3 unspecified atom stereocenters. The van der Waals surface area contributed by atoms with Crippen LogP contribution in [0, 0.1) is 18.7 Å². The Morgan fingerprint density at radius 1 is 1.16 bits per heavy atom. The van der Waals surface area contributed by atoms with Gasteiger partial charge in [-0.25, -0.2) is 9.18 Å². The summed E-state index contributed by atoms with van der Waals surface area (Å²) in [4.78, 5) is 44.7. The second-order valence-corrected chi connectivity index (χ2v) is 12.9. The quantitative estimate of drug-likeness (QED) is 0.318. The lowest BCUT2D eigenvalue weighted by atomic mass is 9.90. The number of ether oxygens (including phenoxy) is 1. The molecule has 0 aliphatic carbocycles. The fraction of sp³-hybridized carbons (Fsp3) is 0.667. The summed E-state index contributed by atoms with van der Waals surface area (Å²) >= 11 is 0. The molecule has 1 saturated heterocycles. The molecular formula is C33H52F2N4O4. The lowest BCUT2D eigenvalue weighted by molar-refractivity contribution is -0.128. The van der Waals surface area contributed by atoms with Gasteiger partial charge < -0.3 is 24.8 Å². The number of nitrogens with one attached hydrogen (secondary N) is 1. The molecule has 1 heterocycles. The molecule has 0 bridgehead atoms. The zero-order chi connectivity index (χ0) is 32.8. The summed E-state index contributed by atoms with van der Waals surface area (Å²) in [5, 5.41) is 2.78. The van der Waals surface area contributed by atoms with Crippen molar-refractivity contribution in [2.75, 3.05) is 31.7 Å². The Bertz CT molecular complexity index is 1170. The zero-order valence-electron chi connectivity index (χ0n) is 27.9. The van der Waals surface area contributed by atoms with E-state index >= 15 is 4.39 Å². The number of likely N-dealkylation sites (N-methyl/N-ethyl adjacent to an activating group) is 1. The summed E-state index contributed by atoms with van der Waals surface area (Å²) in [6, 6.07) is 2.17. The third-order valence-electron chi connectivity index (χ3n) is 8.52. The molecule has 1 N–H and O–H groups in total. The van der Waals surface area contributed by atoms with Crippen molar-refractivity contribution in [1.29, 1.82) is 0 Å². The second kappa shape index (κ2) is 15.0. The van der Waals surface area contributed by atoms with Gasteiger partial charge in [0.05, 0.1) is 6.67 Å². The number of hydrogen-bond donors (Lipinski definition) is 1. The van der Waals surface area contributed by atoms with Crippen molar-refractivity contribution >= 4 is 23.6 Å². The first-order valence-electron chi connectivity index (χ1n) is 15.3. The van der Waals surface area contributed by atoms with Crippen molar-refractivity contribution < 1.29 is 27.9 Å². The van der Waals surface area contributed by atoms with E-state index in [1.165, 1.54) is 17.0 Å². The molecule has 1 aromatic carbocycles. The van der Waals surface area contributed by atoms with Gasteiger partial charge in [0, 0.05) is 67.0 Å². The van der Waals surface area contributed by atoms with Crippen molar-refractivity contribution in [3.8, 4) is 0 Å². The fourth-order valence-electron chi connectivity index (χ4n) is 5.79. The summed E-state index contributed by atoms with van der Waals surface area (Å²) in [5.74, 6) is -1.65. The molecule has 0 spiro atoms. The number of amides is 3. The van der Waals surface area contributed by atoms with Crippen LogP contribution in [-0.2, 0) is 9.53 Å². The van der Waals surface area contributed by atoms with E-state index in [1.54, 1.807) is 45.7 Å². The first-order valence-corrected chi connectivity index (χ1v) is 15.3. The van der Waals surface area contributed by atoms with E-state index in [1.807, 2.05) is 41.5 Å². The molecule has 1 aliphatic heterocycles. The summed E-state index contributed by atoms with van der Waals surface area (Å²) in [5.41, 5.74) is 1.21. The van der Waals surface area contributed by atoms with Crippen LogP contribution < -0.4 is 10.2 Å².